The van der Waals surface area contributed by atoms with Crippen LogP contribution < -0.4 is 10.1 Å². The van der Waals surface area contributed by atoms with Crippen LogP contribution >= 0.6 is 0 Å². The lowest BCUT2D eigenvalue weighted by Crippen LogP contribution is -2.32. The average Bonchev–Trinajstić information content (AvgIpc) is 3.30. The zero-order valence-corrected chi connectivity index (χ0v) is 18.2. The van der Waals surface area contributed by atoms with Crippen molar-refractivity contribution in [2.75, 3.05) is 25.4 Å². The molecule has 3 rings (SSSR count). The molecule has 1 aliphatic rings. The number of carbonyl (C=O) groups is 1. The molecule has 1 heterocycles. The van der Waals surface area contributed by atoms with E-state index in [1.54, 1.807) is 0 Å². The number of amides is 1. The van der Waals surface area contributed by atoms with Gasteiger partial charge in [0.2, 0.25) is 15.9 Å². The van der Waals surface area contributed by atoms with Gasteiger partial charge in [0.15, 0.2) is 0 Å². The Morgan fingerprint density at radius 3 is 2.30 bits per heavy atom. The lowest BCUT2D eigenvalue weighted by molar-refractivity contribution is -0.121. The highest BCUT2D eigenvalue weighted by molar-refractivity contribution is 7.89. The summed E-state index contributed by atoms with van der Waals surface area (Å²) in [5.74, 6) is 0.639. The number of hydrogen-bond donors (Lipinski definition) is 1. The number of sulfonamides is 1. The van der Waals surface area contributed by atoms with E-state index in [9.17, 15) is 13.2 Å². The normalized spacial score (nSPS) is 15.6. The molecule has 1 amide bonds. The highest BCUT2D eigenvalue weighted by Gasteiger charge is 2.25. The minimum atomic E-state index is -3.26. The SMILES string of the molecule is CCOc1ccc(C(NC(=O)CCCS(=O)(=O)N2CCCC2)c2ccccc2)cc1. The maximum absolute atomic E-state index is 12.6. The summed E-state index contributed by atoms with van der Waals surface area (Å²) in [5, 5.41) is 3.07. The topological polar surface area (TPSA) is 75.7 Å². The molecule has 0 radical (unpaired) electrons. The molecule has 6 nitrogen and oxygen atoms in total. The van der Waals surface area contributed by atoms with Gasteiger partial charge < -0.3 is 10.1 Å². The van der Waals surface area contributed by atoms with Crippen molar-refractivity contribution in [3.05, 3.63) is 65.7 Å². The van der Waals surface area contributed by atoms with E-state index in [4.69, 9.17) is 4.74 Å². The standard InChI is InChI=1S/C23H30N2O4S/c1-2-29-21-14-12-20(13-15-21)23(19-9-4-3-5-10-19)24-22(26)11-8-18-30(27,28)25-16-6-7-17-25/h3-5,9-10,12-15,23H,2,6-8,11,16-18H2,1H3,(H,24,26). The minimum absolute atomic E-state index is 0.0134. The van der Waals surface area contributed by atoms with E-state index in [1.807, 2.05) is 61.5 Å². The van der Waals surface area contributed by atoms with Crippen molar-refractivity contribution in [2.45, 2.75) is 38.6 Å². The van der Waals surface area contributed by atoms with Crippen molar-refractivity contribution in [3.8, 4) is 5.75 Å². The van der Waals surface area contributed by atoms with Gasteiger partial charge in [0.05, 0.1) is 18.4 Å². The van der Waals surface area contributed by atoms with Crippen molar-refractivity contribution in [3.63, 3.8) is 0 Å². The molecule has 0 saturated carbocycles. The van der Waals surface area contributed by atoms with Crippen molar-refractivity contribution in [1.29, 1.82) is 0 Å². The highest BCUT2D eigenvalue weighted by atomic mass is 32.2. The molecule has 0 bridgehead atoms. The fourth-order valence-corrected chi connectivity index (χ4v) is 5.25. The number of rotatable bonds is 10. The fourth-order valence-electron chi connectivity index (χ4n) is 3.67. The summed E-state index contributed by atoms with van der Waals surface area (Å²) < 4.78 is 31.7. The third-order valence-electron chi connectivity index (χ3n) is 5.23. The molecule has 1 saturated heterocycles. The molecule has 7 heteroatoms. The molecular weight excluding hydrogens is 400 g/mol. The number of benzene rings is 2. The average molecular weight is 431 g/mol. The second-order valence-corrected chi connectivity index (χ2v) is 9.53. The van der Waals surface area contributed by atoms with Gasteiger partial charge in [-0.05, 0) is 49.4 Å². The lowest BCUT2D eigenvalue weighted by Gasteiger charge is -2.20. The molecule has 30 heavy (non-hydrogen) atoms. The van der Waals surface area contributed by atoms with Crippen LogP contribution in [0.4, 0.5) is 0 Å². The quantitative estimate of drug-likeness (QED) is 0.626. The summed E-state index contributed by atoms with van der Waals surface area (Å²) >= 11 is 0. The molecule has 0 aliphatic carbocycles. The Morgan fingerprint density at radius 2 is 1.67 bits per heavy atom. The Kier molecular flexibility index (Phi) is 7.87. The Morgan fingerprint density at radius 1 is 1.03 bits per heavy atom. The first kappa shape index (κ1) is 22.3. The van der Waals surface area contributed by atoms with Gasteiger partial charge >= 0.3 is 0 Å². The number of nitrogens with zero attached hydrogens (tertiary/aromatic N) is 1. The van der Waals surface area contributed by atoms with Gasteiger partial charge in [-0.3, -0.25) is 4.79 Å². The van der Waals surface area contributed by atoms with Crippen LogP contribution in [0.5, 0.6) is 5.75 Å². The largest absolute Gasteiger partial charge is 0.494 e. The molecule has 1 unspecified atom stereocenters. The Hall–Kier alpha value is -2.38. The van der Waals surface area contributed by atoms with Gasteiger partial charge in [0.1, 0.15) is 5.75 Å². The van der Waals surface area contributed by atoms with Gasteiger partial charge in [-0.25, -0.2) is 12.7 Å². The second-order valence-electron chi connectivity index (χ2n) is 7.44. The van der Waals surface area contributed by atoms with E-state index in [2.05, 4.69) is 5.32 Å². The van der Waals surface area contributed by atoms with Crippen LogP contribution in [0.25, 0.3) is 0 Å². The number of ether oxygens (including phenoxy) is 1. The third kappa shape index (κ3) is 6.06. The van der Waals surface area contributed by atoms with Crippen molar-refractivity contribution in [1.82, 2.24) is 9.62 Å². The first-order valence-electron chi connectivity index (χ1n) is 10.5. The first-order valence-corrected chi connectivity index (χ1v) is 12.2. The van der Waals surface area contributed by atoms with Crippen LogP contribution in [0, 0.1) is 0 Å². The number of carbonyl (C=O) groups excluding carboxylic acids is 1. The maximum Gasteiger partial charge on any atom is 0.220 e. The summed E-state index contributed by atoms with van der Waals surface area (Å²) in [7, 11) is -3.26. The van der Waals surface area contributed by atoms with Crippen LogP contribution in [0.3, 0.4) is 0 Å². The summed E-state index contributed by atoms with van der Waals surface area (Å²) in [6.45, 7) is 3.73. The predicted octanol–water partition coefficient (Wildman–Crippen LogP) is 3.50. The zero-order valence-electron chi connectivity index (χ0n) is 17.4. The molecule has 1 N–H and O–H groups in total. The Balaban J connectivity index is 1.63. The summed E-state index contributed by atoms with van der Waals surface area (Å²) in [6.07, 6.45) is 2.32. The fraction of sp³-hybridized carbons (Fsp3) is 0.435. The Bertz CT molecular complexity index is 908. The van der Waals surface area contributed by atoms with Crippen LogP contribution in [0.15, 0.2) is 54.6 Å². The molecule has 1 fully saturated rings. The zero-order chi connectivity index (χ0) is 21.4. The summed E-state index contributed by atoms with van der Waals surface area (Å²) in [6, 6.07) is 17.1. The van der Waals surface area contributed by atoms with Crippen molar-refractivity contribution in [2.24, 2.45) is 0 Å². The summed E-state index contributed by atoms with van der Waals surface area (Å²) in [4.78, 5) is 12.6. The van der Waals surface area contributed by atoms with Gasteiger partial charge in [0, 0.05) is 19.5 Å². The van der Waals surface area contributed by atoms with Crippen LogP contribution in [0.2, 0.25) is 0 Å². The molecule has 2 aromatic rings. The molecule has 0 aromatic heterocycles. The van der Waals surface area contributed by atoms with E-state index in [0.717, 1.165) is 29.7 Å². The molecule has 1 aliphatic heterocycles. The molecule has 2 aromatic carbocycles. The molecule has 162 valence electrons. The minimum Gasteiger partial charge on any atom is -0.494 e. The highest BCUT2D eigenvalue weighted by Crippen LogP contribution is 2.24. The van der Waals surface area contributed by atoms with Gasteiger partial charge in [-0.1, -0.05) is 42.5 Å². The van der Waals surface area contributed by atoms with Crippen molar-refractivity contribution >= 4 is 15.9 Å². The third-order valence-corrected chi connectivity index (χ3v) is 7.18. The van der Waals surface area contributed by atoms with Crippen LogP contribution in [-0.2, 0) is 14.8 Å². The predicted molar refractivity (Wildman–Crippen MR) is 118 cm³/mol. The van der Waals surface area contributed by atoms with Gasteiger partial charge in [0.25, 0.3) is 0 Å². The van der Waals surface area contributed by atoms with Crippen molar-refractivity contribution < 1.29 is 17.9 Å². The lowest BCUT2D eigenvalue weighted by atomic mass is 9.98. The second kappa shape index (κ2) is 10.6. The monoisotopic (exact) mass is 430 g/mol. The van der Waals surface area contributed by atoms with Gasteiger partial charge in [-0.2, -0.15) is 0 Å². The van der Waals surface area contributed by atoms with E-state index in [-0.39, 0.29) is 24.1 Å². The molecule has 1 atom stereocenters. The van der Waals surface area contributed by atoms with E-state index < -0.39 is 10.0 Å². The van der Waals surface area contributed by atoms with Crippen LogP contribution in [-0.4, -0.2) is 44.1 Å². The molecule has 0 spiro atoms. The summed E-state index contributed by atoms with van der Waals surface area (Å²) in [5.41, 5.74) is 1.92. The van der Waals surface area contributed by atoms with E-state index in [0.29, 0.717) is 26.1 Å². The molecular formula is C23H30N2O4S. The maximum atomic E-state index is 12.6. The van der Waals surface area contributed by atoms with Gasteiger partial charge in [-0.15, -0.1) is 0 Å². The van der Waals surface area contributed by atoms with E-state index >= 15 is 0 Å². The smallest absolute Gasteiger partial charge is 0.220 e. The Labute approximate surface area is 179 Å². The van der Waals surface area contributed by atoms with E-state index in [1.165, 1.54) is 4.31 Å². The van der Waals surface area contributed by atoms with Crippen LogP contribution in [0.1, 0.15) is 49.8 Å². The number of nitrogens with one attached hydrogen (secondary N) is 1. The first-order chi connectivity index (χ1) is 14.5. The number of hydrogen-bond acceptors (Lipinski definition) is 4.